The highest BCUT2D eigenvalue weighted by atomic mass is 16.4. The maximum atomic E-state index is 11.5. The number of hydrogen-bond donors (Lipinski definition) is 2. The Bertz CT molecular complexity index is 311. The number of carboxylic acids is 1. The van der Waals surface area contributed by atoms with Crippen LogP contribution in [0, 0.1) is 0 Å². The Balaban J connectivity index is 2.43. The van der Waals surface area contributed by atoms with Gasteiger partial charge in [-0.3, -0.25) is 4.79 Å². The van der Waals surface area contributed by atoms with Crippen molar-refractivity contribution in [3.05, 3.63) is 0 Å². The zero-order valence-electron chi connectivity index (χ0n) is 13.5. The average Bonchev–Trinajstić information content (AvgIpc) is 2.41. The molecule has 1 heterocycles. The molecule has 1 aliphatic rings. The summed E-state index contributed by atoms with van der Waals surface area (Å²) in [7, 11) is 2.17. The van der Waals surface area contributed by atoms with Gasteiger partial charge in [0.25, 0.3) is 0 Å². The van der Waals surface area contributed by atoms with Gasteiger partial charge in [0.2, 0.25) is 0 Å². The molecule has 2 N–H and O–H groups in total. The van der Waals surface area contributed by atoms with Gasteiger partial charge in [-0.1, -0.05) is 13.8 Å². The number of hydrogen-bond acceptors (Lipinski definition) is 4. The molecule has 1 rings (SSSR count). The summed E-state index contributed by atoms with van der Waals surface area (Å²) in [6.07, 6.45) is 2.27. The summed E-state index contributed by atoms with van der Waals surface area (Å²) in [4.78, 5) is 16.4. The molecule has 20 heavy (non-hydrogen) atoms. The smallest absolute Gasteiger partial charge is 0.323 e. The van der Waals surface area contributed by atoms with Crippen LogP contribution in [0.2, 0.25) is 0 Å². The predicted octanol–water partition coefficient (Wildman–Crippen LogP) is 1.25. The fourth-order valence-corrected chi connectivity index (χ4v) is 2.99. The molecule has 0 aromatic carbocycles. The second kappa shape index (κ2) is 7.96. The summed E-state index contributed by atoms with van der Waals surface area (Å²) < 4.78 is 0. The molecule has 5 heteroatoms. The van der Waals surface area contributed by atoms with E-state index in [4.69, 9.17) is 0 Å². The summed E-state index contributed by atoms with van der Waals surface area (Å²) in [5, 5.41) is 12.7. The molecule has 2 unspecified atom stereocenters. The van der Waals surface area contributed by atoms with Crippen LogP contribution in [-0.4, -0.2) is 72.2 Å². The Kier molecular flexibility index (Phi) is 6.92. The van der Waals surface area contributed by atoms with Gasteiger partial charge in [-0.05, 0) is 46.3 Å². The second-order valence-electron chi connectivity index (χ2n) is 6.00. The maximum absolute atomic E-state index is 11.5. The van der Waals surface area contributed by atoms with E-state index in [1.807, 2.05) is 13.8 Å². The number of likely N-dealkylation sites (N-methyl/N-ethyl adjacent to an activating group) is 2. The van der Waals surface area contributed by atoms with Crippen LogP contribution >= 0.6 is 0 Å². The molecule has 118 valence electrons. The lowest BCUT2D eigenvalue weighted by molar-refractivity contribution is -0.145. The first-order chi connectivity index (χ1) is 9.45. The van der Waals surface area contributed by atoms with Gasteiger partial charge >= 0.3 is 5.97 Å². The highest BCUT2D eigenvalue weighted by molar-refractivity contribution is 5.78. The third-order valence-electron chi connectivity index (χ3n) is 4.65. The molecule has 1 aliphatic heterocycles. The van der Waals surface area contributed by atoms with Crippen molar-refractivity contribution in [1.29, 1.82) is 0 Å². The summed E-state index contributed by atoms with van der Waals surface area (Å²) in [6, 6.07) is 0.591. The Morgan fingerprint density at radius 3 is 2.60 bits per heavy atom. The van der Waals surface area contributed by atoms with Crippen LogP contribution in [0.1, 0.15) is 40.0 Å². The van der Waals surface area contributed by atoms with Crippen LogP contribution in [-0.2, 0) is 4.79 Å². The maximum Gasteiger partial charge on any atom is 0.323 e. The number of nitrogens with one attached hydrogen (secondary N) is 1. The SMILES string of the molecule is CCNC(CC)(CCCN1CCN(C)C(C)C1)C(=O)O. The van der Waals surface area contributed by atoms with Crippen LogP contribution in [0.4, 0.5) is 0 Å². The average molecular weight is 285 g/mol. The van der Waals surface area contributed by atoms with E-state index in [0.717, 1.165) is 32.6 Å². The first-order valence-electron chi connectivity index (χ1n) is 7.86. The van der Waals surface area contributed by atoms with Crippen LogP contribution in [0.3, 0.4) is 0 Å². The highest BCUT2D eigenvalue weighted by Crippen LogP contribution is 2.19. The standard InChI is InChI=1S/C15H31N3O2/c1-5-15(14(19)20,16-6-2)8-7-9-18-11-10-17(4)13(3)12-18/h13,16H,5-12H2,1-4H3,(H,19,20). The van der Waals surface area contributed by atoms with E-state index >= 15 is 0 Å². The van der Waals surface area contributed by atoms with Crippen molar-refractivity contribution in [2.75, 3.05) is 39.8 Å². The van der Waals surface area contributed by atoms with Gasteiger partial charge in [-0.15, -0.1) is 0 Å². The van der Waals surface area contributed by atoms with E-state index in [1.165, 1.54) is 0 Å². The van der Waals surface area contributed by atoms with Crippen molar-refractivity contribution in [3.8, 4) is 0 Å². The quantitative estimate of drug-likeness (QED) is 0.703. The Labute approximate surface area is 123 Å². The minimum absolute atomic E-state index is 0.591. The van der Waals surface area contributed by atoms with Crippen molar-refractivity contribution in [2.24, 2.45) is 0 Å². The molecule has 0 aromatic rings. The van der Waals surface area contributed by atoms with E-state index in [0.29, 0.717) is 25.4 Å². The Morgan fingerprint density at radius 1 is 1.40 bits per heavy atom. The lowest BCUT2D eigenvalue weighted by Crippen LogP contribution is -2.53. The molecule has 0 aliphatic carbocycles. The molecule has 0 saturated carbocycles. The fourth-order valence-electron chi connectivity index (χ4n) is 2.99. The highest BCUT2D eigenvalue weighted by Gasteiger charge is 2.35. The fraction of sp³-hybridized carbons (Fsp3) is 0.933. The molecule has 2 atom stereocenters. The molecule has 1 saturated heterocycles. The van der Waals surface area contributed by atoms with E-state index in [9.17, 15) is 9.90 Å². The zero-order valence-corrected chi connectivity index (χ0v) is 13.5. The largest absolute Gasteiger partial charge is 0.480 e. The topological polar surface area (TPSA) is 55.8 Å². The minimum atomic E-state index is -0.743. The summed E-state index contributed by atoms with van der Waals surface area (Å²) >= 11 is 0. The van der Waals surface area contributed by atoms with Crippen molar-refractivity contribution < 1.29 is 9.90 Å². The van der Waals surface area contributed by atoms with Gasteiger partial charge in [0.15, 0.2) is 0 Å². The number of aliphatic carboxylic acids is 1. The van der Waals surface area contributed by atoms with Gasteiger partial charge < -0.3 is 20.2 Å². The monoisotopic (exact) mass is 285 g/mol. The lowest BCUT2D eigenvalue weighted by Gasteiger charge is -2.38. The number of rotatable bonds is 8. The molecular weight excluding hydrogens is 254 g/mol. The van der Waals surface area contributed by atoms with Gasteiger partial charge in [0.05, 0.1) is 0 Å². The number of piperazine rings is 1. The molecule has 0 amide bonds. The van der Waals surface area contributed by atoms with Gasteiger partial charge in [-0.2, -0.15) is 0 Å². The normalized spacial score (nSPS) is 24.5. The molecular formula is C15H31N3O2. The Morgan fingerprint density at radius 2 is 2.10 bits per heavy atom. The Hall–Kier alpha value is -0.650. The molecule has 0 aromatic heterocycles. The molecule has 5 nitrogen and oxygen atoms in total. The summed E-state index contributed by atoms with van der Waals surface area (Å²) in [5.74, 6) is -0.714. The van der Waals surface area contributed by atoms with Crippen LogP contribution in [0.25, 0.3) is 0 Å². The molecule has 1 fully saturated rings. The first kappa shape index (κ1) is 17.4. The number of nitrogens with zero attached hydrogens (tertiary/aromatic N) is 2. The van der Waals surface area contributed by atoms with Gasteiger partial charge in [0, 0.05) is 25.7 Å². The molecule has 0 bridgehead atoms. The predicted molar refractivity (Wildman–Crippen MR) is 82.1 cm³/mol. The van der Waals surface area contributed by atoms with Crippen molar-refractivity contribution in [1.82, 2.24) is 15.1 Å². The van der Waals surface area contributed by atoms with E-state index in [-0.39, 0.29) is 0 Å². The van der Waals surface area contributed by atoms with Gasteiger partial charge in [0.1, 0.15) is 5.54 Å². The van der Waals surface area contributed by atoms with E-state index < -0.39 is 11.5 Å². The minimum Gasteiger partial charge on any atom is -0.480 e. The van der Waals surface area contributed by atoms with Gasteiger partial charge in [-0.25, -0.2) is 0 Å². The van der Waals surface area contributed by atoms with Crippen molar-refractivity contribution in [2.45, 2.75) is 51.6 Å². The van der Waals surface area contributed by atoms with Crippen LogP contribution in [0.5, 0.6) is 0 Å². The molecule has 0 spiro atoms. The lowest BCUT2D eigenvalue weighted by atomic mass is 9.90. The zero-order chi connectivity index (χ0) is 15.2. The van der Waals surface area contributed by atoms with E-state index in [1.54, 1.807) is 0 Å². The van der Waals surface area contributed by atoms with Crippen molar-refractivity contribution >= 4 is 5.97 Å². The number of carboxylic acid groups (broad SMARTS) is 1. The third kappa shape index (κ3) is 4.43. The van der Waals surface area contributed by atoms with Crippen molar-refractivity contribution in [3.63, 3.8) is 0 Å². The second-order valence-corrected chi connectivity index (χ2v) is 6.00. The summed E-state index contributed by atoms with van der Waals surface area (Å²) in [6.45, 7) is 11.2. The van der Waals surface area contributed by atoms with E-state index in [2.05, 4.69) is 29.1 Å². The summed E-state index contributed by atoms with van der Waals surface area (Å²) in [5.41, 5.74) is -0.743. The number of carbonyl (C=O) groups is 1. The molecule has 0 radical (unpaired) electrons. The van der Waals surface area contributed by atoms with Crippen LogP contribution < -0.4 is 5.32 Å². The van der Waals surface area contributed by atoms with Crippen LogP contribution in [0.15, 0.2) is 0 Å². The first-order valence-corrected chi connectivity index (χ1v) is 7.86. The third-order valence-corrected chi connectivity index (χ3v) is 4.65.